The van der Waals surface area contributed by atoms with Crippen molar-refractivity contribution in [3.63, 3.8) is 0 Å². The summed E-state index contributed by atoms with van der Waals surface area (Å²) in [6, 6.07) is 8.09. The fourth-order valence-electron chi connectivity index (χ4n) is 3.43. The molecule has 5 heteroatoms. The molecule has 1 aromatic rings. The van der Waals surface area contributed by atoms with Crippen molar-refractivity contribution in [2.24, 2.45) is 0 Å². The molecule has 23 heavy (non-hydrogen) atoms. The minimum Gasteiger partial charge on any atom is -0.382 e. The first-order chi connectivity index (χ1) is 11.0. The number of nitrogens with one attached hydrogen (secondary N) is 1. The van der Waals surface area contributed by atoms with E-state index in [1.807, 2.05) is 18.2 Å². The monoisotopic (exact) mass is 318 g/mol. The first-order valence-electron chi connectivity index (χ1n) is 8.11. The molecule has 126 valence electrons. The van der Waals surface area contributed by atoms with Crippen molar-refractivity contribution in [2.75, 3.05) is 27.3 Å². The van der Waals surface area contributed by atoms with Crippen molar-refractivity contribution >= 4 is 11.8 Å². The maximum atomic E-state index is 12.7. The molecule has 1 unspecified atom stereocenters. The van der Waals surface area contributed by atoms with Crippen molar-refractivity contribution in [2.45, 2.75) is 38.1 Å². The Hall–Kier alpha value is -1.88. The number of aryl methyl sites for hydroxylation is 2. The van der Waals surface area contributed by atoms with E-state index in [1.54, 1.807) is 19.1 Å². The second-order valence-corrected chi connectivity index (χ2v) is 6.12. The van der Waals surface area contributed by atoms with Crippen LogP contribution in [0, 0.1) is 6.92 Å². The Morgan fingerprint density at radius 2 is 2.09 bits per heavy atom. The van der Waals surface area contributed by atoms with Crippen LogP contribution in [0.25, 0.3) is 0 Å². The highest BCUT2D eigenvalue weighted by Crippen LogP contribution is 2.31. The Balaban J connectivity index is 2.10. The Bertz CT molecular complexity index is 573. The Morgan fingerprint density at radius 3 is 2.74 bits per heavy atom. The predicted molar refractivity (Wildman–Crippen MR) is 89.1 cm³/mol. The summed E-state index contributed by atoms with van der Waals surface area (Å²) in [5.41, 5.74) is 1.51. The molecule has 0 bridgehead atoms. The van der Waals surface area contributed by atoms with Crippen molar-refractivity contribution < 1.29 is 14.3 Å². The summed E-state index contributed by atoms with van der Waals surface area (Å²) in [6.45, 7) is 2.90. The van der Waals surface area contributed by atoms with Crippen LogP contribution in [-0.4, -0.2) is 49.6 Å². The molecule has 0 spiro atoms. The van der Waals surface area contributed by atoms with E-state index in [0.29, 0.717) is 25.8 Å². The smallest absolute Gasteiger partial charge is 0.248 e. The van der Waals surface area contributed by atoms with Crippen molar-refractivity contribution in [3.8, 4) is 0 Å². The highest BCUT2D eigenvalue weighted by Gasteiger charge is 2.49. The maximum Gasteiger partial charge on any atom is 0.248 e. The second-order valence-electron chi connectivity index (χ2n) is 6.12. The zero-order valence-corrected chi connectivity index (χ0v) is 14.2. The number of ether oxygens (including phenoxy) is 1. The molecule has 1 heterocycles. The van der Waals surface area contributed by atoms with Gasteiger partial charge in [-0.2, -0.15) is 0 Å². The molecule has 2 rings (SSSR count). The molecule has 0 saturated carbocycles. The van der Waals surface area contributed by atoms with Gasteiger partial charge in [0.05, 0.1) is 6.61 Å². The number of likely N-dealkylation sites (tertiary alicyclic amines) is 1. The van der Waals surface area contributed by atoms with Crippen LogP contribution in [0.1, 0.15) is 30.4 Å². The molecule has 0 aromatic heterocycles. The van der Waals surface area contributed by atoms with Gasteiger partial charge in [-0.25, -0.2) is 0 Å². The lowest BCUT2D eigenvalue weighted by Gasteiger charge is -2.36. The van der Waals surface area contributed by atoms with Crippen LogP contribution in [0.3, 0.4) is 0 Å². The SMILES string of the molecule is CNC(=O)C1(COC)CCCN1C(=O)CCc1ccccc1C. The molecule has 0 radical (unpaired) electrons. The number of rotatable bonds is 6. The molecule has 0 aliphatic carbocycles. The van der Waals surface area contributed by atoms with Crippen molar-refractivity contribution in [1.82, 2.24) is 10.2 Å². The molecule has 1 aliphatic heterocycles. The maximum absolute atomic E-state index is 12.7. The summed E-state index contributed by atoms with van der Waals surface area (Å²) in [5, 5.41) is 2.69. The van der Waals surface area contributed by atoms with Gasteiger partial charge in [-0.15, -0.1) is 0 Å². The van der Waals surface area contributed by atoms with Crippen molar-refractivity contribution in [3.05, 3.63) is 35.4 Å². The number of carbonyl (C=O) groups excluding carboxylic acids is 2. The van der Waals surface area contributed by atoms with Gasteiger partial charge in [0, 0.05) is 27.1 Å². The standard InChI is InChI=1S/C18H26N2O3/c1-14-7-4-5-8-15(14)9-10-16(21)20-12-6-11-18(20,13-23-3)17(22)19-2/h4-5,7-8H,6,9-13H2,1-3H3,(H,19,22). The molecule has 1 atom stereocenters. The van der Waals surface area contributed by atoms with Crippen LogP contribution < -0.4 is 5.32 Å². The zero-order valence-electron chi connectivity index (χ0n) is 14.2. The van der Waals surface area contributed by atoms with E-state index in [4.69, 9.17) is 4.74 Å². The molecule has 5 nitrogen and oxygen atoms in total. The van der Waals surface area contributed by atoms with E-state index in [-0.39, 0.29) is 18.4 Å². The number of likely N-dealkylation sites (N-methyl/N-ethyl adjacent to an activating group) is 1. The number of amides is 2. The summed E-state index contributed by atoms with van der Waals surface area (Å²) < 4.78 is 5.26. The number of hydrogen-bond acceptors (Lipinski definition) is 3. The third kappa shape index (κ3) is 3.55. The summed E-state index contributed by atoms with van der Waals surface area (Å²) in [4.78, 5) is 26.8. The van der Waals surface area contributed by atoms with E-state index >= 15 is 0 Å². The normalized spacial score (nSPS) is 20.6. The van der Waals surface area contributed by atoms with Gasteiger partial charge in [0.15, 0.2) is 0 Å². The van der Waals surface area contributed by atoms with Gasteiger partial charge >= 0.3 is 0 Å². The lowest BCUT2D eigenvalue weighted by molar-refractivity contribution is -0.148. The largest absolute Gasteiger partial charge is 0.382 e. The van der Waals surface area contributed by atoms with Crippen LogP contribution in [0.5, 0.6) is 0 Å². The first kappa shape index (κ1) is 17.5. The summed E-state index contributed by atoms with van der Waals surface area (Å²) in [5.74, 6) is -0.118. The van der Waals surface area contributed by atoms with Gasteiger partial charge in [-0.05, 0) is 37.3 Å². The van der Waals surface area contributed by atoms with E-state index in [2.05, 4.69) is 18.3 Å². The fraction of sp³-hybridized carbons (Fsp3) is 0.556. The van der Waals surface area contributed by atoms with E-state index < -0.39 is 5.54 Å². The van der Waals surface area contributed by atoms with Crippen LogP contribution >= 0.6 is 0 Å². The second kappa shape index (κ2) is 7.59. The lowest BCUT2D eigenvalue weighted by Crippen LogP contribution is -2.59. The number of nitrogens with zero attached hydrogens (tertiary/aromatic N) is 1. The number of carbonyl (C=O) groups is 2. The van der Waals surface area contributed by atoms with E-state index in [1.165, 1.54) is 11.1 Å². The van der Waals surface area contributed by atoms with E-state index in [0.717, 1.165) is 6.42 Å². The van der Waals surface area contributed by atoms with Gasteiger partial charge in [-0.3, -0.25) is 9.59 Å². The number of benzene rings is 1. The highest BCUT2D eigenvalue weighted by atomic mass is 16.5. The third-order valence-electron chi connectivity index (χ3n) is 4.69. The predicted octanol–water partition coefficient (Wildman–Crippen LogP) is 1.68. The first-order valence-corrected chi connectivity index (χ1v) is 8.11. The van der Waals surface area contributed by atoms with Gasteiger partial charge in [-0.1, -0.05) is 24.3 Å². The zero-order chi connectivity index (χ0) is 16.9. The van der Waals surface area contributed by atoms with Gasteiger partial charge < -0.3 is 15.0 Å². The van der Waals surface area contributed by atoms with Crippen molar-refractivity contribution in [1.29, 1.82) is 0 Å². The highest BCUT2D eigenvalue weighted by molar-refractivity contribution is 5.92. The quantitative estimate of drug-likeness (QED) is 0.868. The molecule has 1 fully saturated rings. The Labute approximate surface area is 138 Å². The van der Waals surface area contributed by atoms with Gasteiger partial charge in [0.2, 0.25) is 11.8 Å². The average Bonchev–Trinajstić information content (AvgIpc) is 2.98. The molecular weight excluding hydrogens is 292 g/mol. The van der Waals surface area contributed by atoms with E-state index in [9.17, 15) is 9.59 Å². The summed E-state index contributed by atoms with van der Waals surface area (Å²) in [6.07, 6.45) is 2.58. The number of hydrogen-bond donors (Lipinski definition) is 1. The molecule has 1 aromatic carbocycles. The number of methoxy groups -OCH3 is 1. The molecule has 1 aliphatic rings. The Kier molecular flexibility index (Phi) is 5.77. The fourth-order valence-corrected chi connectivity index (χ4v) is 3.43. The van der Waals surface area contributed by atoms with Crippen LogP contribution in [0.15, 0.2) is 24.3 Å². The van der Waals surface area contributed by atoms with Gasteiger partial charge in [0.25, 0.3) is 0 Å². The lowest BCUT2D eigenvalue weighted by atomic mass is 9.95. The molecule has 1 N–H and O–H groups in total. The molecule has 1 saturated heterocycles. The Morgan fingerprint density at radius 1 is 1.35 bits per heavy atom. The molecular formula is C18H26N2O3. The van der Waals surface area contributed by atoms with Crippen LogP contribution in [-0.2, 0) is 20.7 Å². The van der Waals surface area contributed by atoms with Crippen LogP contribution in [0.4, 0.5) is 0 Å². The molecule has 2 amide bonds. The summed E-state index contributed by atoms with van der Waals surface area (Å²) in [7, 11) is 3.17. The topological polar surface area (TPSA) is 58.6 Å². The summed E-state index contributed by atoms with van der Waals surface area (Å²) >= 11 is 0. The van der Waals surface area contributed by atoms with Crippen LogP contribution in [0.2, 0.25) is 0 Å². The minimum atomic E-state index is -0.855. The third-order valence-corrected chi connectivity index (χ3v) is 4.69. The minimum absolute atomic E-state index is 0.0198. The average molecular weight is 318 g/mol. The van der Waals surface area contributed by atoms with Gasteiger partial charge in [0.1, 0.15) is 5.54 Å².